The molecule has 0 aliphatic heterocycles. The van der Waals surface area contributed by atoms with Gasteiger partial charge in [-0.25, -0.2) is 0 Å². The van der Waals surface area contributed by atoms with Crippen molar-refractivity contribution < 1.29 is 4.79 Å². The summed E-state index contributed by atoms with van der Waals surface area (Å²) in [5, 5.41) is 3.43. The van der Waals surface area contributed by atoms with Crippen LogP contribution in [0.1, 0.15) is 72.6 Å². The highest BCUT2D eigenvalue weighted by Gasteiger charge is 2.60. The van der Waals surface area contributed by atoms with E-state index in [-0.39, 0.29) is 23.4 Å². The number of carbonyl (C=O) groups is 1. The molecule has 4 unspecified atom stereocenters. The van der Waals surface area contributed by atoms with Gasteiger partial charge in [-0.05, 0) is 61.2 Å². The number of hydrogen-bond acceptors (Lipinski definition) is 2. The van der Waals surface area contributed by atoms with E-state index in [9.17, 15) is 4.79 Å². The molecule has 4 atom stereocenters. The molecule has 0 heterocycles. The molecule has 0 saturated heterocycles. The fraction of sp³-hybridized carbons (Fsp3) is 0.944. The molecule has 3 heteroatoms. The topological polar surface area (TPSA) is 55.1 Å². The first-order valence-electron chi connectivity index (χ1n) is 8.76. The van der Waals surface area contributed by atoms with Crippen LogP contribution in [-0.2, 0) is 4.79 Å². The number of amides is 1. The Balaban J connectivity index is 1.77. The monoisotopic (exact) mass is 292 g/mol. The van der Waals surface area contributed by atoms with Crippen molar-refractivity contribution in [1.29, 1.82) is 0 Å². The summed E-state index contributed by atoms with van der Waals surface area (Å²) in [6.45, 7) is 9.05. The van der Waals surface area contributed by atoms with Crippen molar-refractivity contribution in [1.82, 2.24) is 5.32 Å². The molecule has 0 aromatic carbocycles. The van der Waals surface area contributed by atoms with Gasteiger partial charge in [0.15, 0.2) is 0 Å². The average Bonchev–Trinajstić information content (AvgIpc) is 2.31. The van der Waals surface area contributed by atoms with Gasteiger partial charge in [0.25, 0.3) is 0 Å². The SMILES string of the molecule is CCC(C)C(N)C(=O)NC12CC3CC(C)(CC(C)(C3)C1)C2. The van der Waals surface area contributed by atoms with Gasteiger partial charge in [-0.15, -0.1) is 0 Å². The molecule has 4 saturated carbocycles. The zero-order valence-corrected chi connectivity index (χ0v) is 14.2. The molecule has 120 valence electrons. The molecule has 4 bridgehead atoms. The Morgan fingerprint density at radius 1 is 1.19 bits per heavy atom. The molecule has 21 heavy (non-hydrogen) atoms. The maximum Gasteiger partial charge on any atom is 0.237 e. The van der Waals surface area contributed by atoms with Gasteiger partial charge in [0.1, 0.15) is 0 Å². The van der Waals surface area contributed by atoms with Crippen LogP contribution in [0, 0.1) is 22.7 Å². The van der Waals surface area contributed by atoms with Crippen molar-refractivity contribution in [2.45, 2.75) is 84.2 Å². The van der Waals surface area contributed by atoms with Gasteiger partial charge in [-0.1, -0.05) is 34.1 Å². The van der Waals surface area contributed by atoms with Gasteiger partial charge in [0, 0.05) is 5.54 Å². The minimum atomic E-state index is -0.358. The van der Waals surface area contributed by atoms with E-state index in [2.05, 4.69) is 33.0 Å². The molecule has 4 fully saturated rings. The molecule has 4 rings (SSSR count). The largest absolute Gasteiger partial charge is 0.349 e. The molecule has 0 spiro atoms. The van der Waals surface area contributed by atoms with Crippen molar-refractivity contribution >= 4 is 5.91 Å². The number of nitrogens with two attached hydrogens (primary N) is 1. The highest BCUT2D eigenvalue weighted by atomic mass is 16.2. The highest BCUT2D eigenvalue weighted by molar-refractivity contribution is 5.82. The van der Waals surface area contributed by atoms with Gasteiger partial charge in [-0.3, -0.25) is 4.79 Å². The Morgan fingerprint density at radius 2 is 1.76 bits per heavy atom. The summed E-state index contributed by atoms with van der Waals surface area (Å²) in [7, 11) is 0. The fourth-order valence-electron chi connectivity index (χ4n) is 6.44. The van der Waals surface area contributed by atoms with Gasteiger partial charge in [0.2, 0.25) is 5.91 Å². The summed E-state index contributed by atoms with van der Waals surface area (Å²) in [6.07, 6.45) is 8.51. The van der Waals surface area contributed by atoms with Crippen LogP contribution in [-0.4, -0.2) is 17.5 Å². The summed E-state index contributed by atoms with van der Waals surface area (Å²) in [6, 6.07) is -0.358. The Bertz CT molecular complexity index is 428. The summed E-state index contributed by atoms with van der Waals surface area (Å²) in [5.74, 6) is 1.14. The van der Waals surface area contributed by atoms with Crippen LogP contribution in [0.25, 0.3) is 0 Å². The third kappa shape index (κ3) is 2.62. The molecule has 4 aliphatic carbocycles. The Morgan fingerprint density at radius 3 is 2.24 bits per heavy atom. The summed E-state index contributed by atoms with van der Waals surface area (Å²) in [4.78, 5) is 12.6. The number of carbonyl (C=O) groups excluding carboxylic acids is 1. The predicted octanol–water partition coefficient (Wildman–Crippen LogP) is 3.23. The lowest BCUT2D eigenvalue weighted by atomic mass is 9.43. The van der Waals surface area contributed by atoms with E-state index in [0.717, 1.165) is 25.2 Å². The second kappa shape index (κ2) is 4.71. The molecule has 4 aliphatic rings. The van der Waals surface area contributed by atoms with Gasteiger partial charge in [-0.2, -0.15) is 0 Å². The van der Waals surface area contributed by atoms with Crippen molar-refractivity contribution in [2.24, 2.45) is 28.4 Å². The molecular formula is C18H32N2O. The maximum atomic E-state index is 12.6. The zero-order valence-electron chi connectivity index (χ0n) is 14.2. The van der Waals surface area contributed by atoms with Crippen molar-refractivity contribution in [2.75, 3.05) is 0 Å². The van der Waals surface area contributed by atoms with Crippen LogP contribution >= 0.6 is 0 Å². The van der Waals surface area contributed by atoms with Crippen LogP contribution in [0.15, 0.2) is 0 Å². The lowest BCUT2D eigenvalue weighted by Gasteiger charge is -2.65. The summed E-state index contributed by atoms with van der Waals surface area (Å²) >= 11 is 0. The van der Waals surface area contributed by atoms with Crippen LogP contribution in [0.2, 0.25) is 0 Å². The molecule has 0 aromatic heterocycles. The van der Waals surface area contributed by atoms with Gasteiger partial charge < -0.3 is 11.1 Å². The Labute approximate surface area is 129 Å². The smallest absolute Gasteiger partial charge is 0.237 e. The minimum Gasteiger partial charge on any atom is -0.349 e. The van der Waals surface area contributed by atoms with E-state index >= 15 is 0 Å². The molecule has 3 N–H and O–H groups in total. The van der Waals surface area contributed by atoms with Crippen LogP contribution in [0.5, 0.6) is 0 Å². The van der Waals surface area contributed by atoms with E-state index < -0.39 is 0 Å². The Hall–Kier alpha value is -0.570. The lowest BCUT2D eigenvalue weighted by molar-refractivity contribution is -0.141. The number of nitrogens with one attached hydrogen (secondary N) is 1. The normalized spacial score (nSPS) is 47.2. The molecule has 1 amide bonds. The third-order valence-electron chi connectivity index (χ3n) is 6.57. The van der Waals surface area contributed by atoms with E-state index in [1.54, 1.807) is 0 Å². The van der Waals surface area contributed by atoms with Crippen molar-refractivity contribution in [3.63, 3.8) is 0 Å². The van der Waals surface area contributed by atoms with Crippen molar-refractivity contribution in [3.8, 4) is 0 Å². The number of hydrogen-bond donors (Lipinski definition) is 2. The summed E-state index contributed by atoms with van der Waals surface area (Å²) in [5.41, 5.74) is 7.05. The standard InChI is InChI=1S/C18H32N2O/c1-5-12(2)14(19)15(21)20-18-8-13-6-16(3,10-18)9-17(4,7-13)11-18/h12-14H,5-11,19H2,1-4H3,(H,20,21). The van der Waals surface area contributed by atoms with E-state index in [4.69, 9.17) is 5.73 Å². The lowest BCUT2D eigenvalue weighted by Crippen LogP contribution is -2.66. The minimum absolute atomic E-state index is 0.0328. The van der Waals surface area contributed by atoms with E-state index in [0.29, 0.717) is 10.8 Å². The molecule has 3 nitrogen and oxygen atoms in total. The highest BCUT2D eigenvalue weighted by Crippen LogP contribution is 2.66. The third-order valence-corrected chi connectivity index (χ3v) is 6.57. The molecule has 0 aromatic rings. The summed E-state index contributed by atoms with van der Waals surface area (Å²) < 4.78 is 0. The average molecular weight is 292 g/mol. The second-order valence-corrected chi connectivity index (χ2v) is 9.31. The number of rotatable bonds is 4. The van der Waals surface area contributed by atoms with Crippen molar-refractivity contribution in [3.05, 3.63) is 0 Å². The molecular weight excluding hydrogens is 260 g/mol. The quantitative estimate of drug-likeness (QED) is 0.836. The zero-order chi connectivity index (χ0) is 15.5. The van der Waals surface area contributed by atoms with Gasteiger partial charge in [0.05, 0.1) is 6.04 Å². The van der Waals surface area contributed by atoms with E-state index in [1.807, 2.05) is 0 Å². The van der Waals surface area contributed by atoms with Crippen LogP contribution < -0.4 is 11.1 Å². The Kier molecular flexibility index (Phi) is 3.44. The predicted molar refractivity (Wildman–Crippen MR) is 85.7 cm³/mol. The first-order chi connectivity index (χ1) is 9.68. The fourth-order valence-corrected chi connectivity index (χ4v) is 6.44. The van der Waals surface area contributed by atoms with E-state index in [1.165, 1.54) is 25.7 Å². The first-order valence-corrected chi connectivity index (χ1v) is 8.76. The van der Waals surface area contributed by atoms with Gasteiger partial charge >= 0.3 is 0 Å². The van der Waals surface area contributed by atoms with Crippen LogP contribution in [0.4, 0.5) is 0 Å². The maximum absolute atomic E-state index is 12.6. The first kappa shape index (κ1) is 15.3. The van der Waals surface area contributed by atoms with Crippen LogP contribution in [0.3, 0.4) is 0 Å². The molecule has 0 radical (unpaired) electrons. The second-order valence-electron chi connectivity index (χ2n) is 9.31.